The number of pyridine rings is 1. The Hall–Kier alpha value is -2.70. The summed E-state index contributed by atoms with van der Waals surface area (Å²) in [6.45, 7) is 3.06. The number of amides is 2. The van der Waals surface area contributed by atoms with E-state index in [1.54, 1.807) is 30.7 Å². The van der Waals surface area contributed by atoms with Crippen molar-refractivity contribution in [2.75, 3.05) is 19.6 Å². The van der Waals surface area contributed by atoms with Gasteiger partial charge in [0.15, 0.2) is 0 Å². The van der Waals surface area contributed by atoms with E-state index in [0.717, 1.165) is 56.6 Å². The van der Waals surface area contributed by atoms with E-state index in [9.17, 15) is 9.59 Å². The Balaban J connectivity index is 1.40. The van der Waals surface area contributed by atoms with Crippen molar-refractivity contribution in [2.24, 2.45) is 5.92 Å². The maximum absolute atomic E-state index is 12.9. The lowest BCUT2D eigenvalue weighted by Gasteiger charge is -2.28. The van der Waals surface area contributed by atoms with E-state index < -0.39 is 0 Å². The molecule has 1 atom stereocenters. The fourth-order valence-corrected chi connectivity index (χ4v) is 3.96. The number of nitrogens with zero attached hydrogens (tertiary/aromatic N) is 4. The van der Waals surface area contributed by atoms with Gasteiger partial charge in [-0.1, -0.05) is 0 Å². The molecule has 4 rings (SSSR count). The van der Waals surface area contributed by atoms with Gasteiger partial charge in [-0.05, 0) is 50.2 Å². The van der Waals surface area contributed by atoms with Crippen LogP contribution >= 0.6 is 0 Å². The highest BCUT2D eigenvalue weighted by molar-refractivity contribution is 5.95. The van der Waals surface area contributed by atoms with E-state index in [2.05, 4.69) is 15.4 Å². The molecule has 142 valence electrons. The third kappa shape index (κ3) is 3.86. The van der Waals surface area contributed by atoms with E-state index in [-0.39, 0.29) is 11.8 Å². The Bertz CT molecular complexity index is 811. The van der Waals surface area contributed by atoms with Crippen molar-refractivity contribution in [1.82, 2.24) is 25.0 Å². The summed E-state index contributed by atoms with van der Waals surface area (Å²) in [4.78, 5) is 31.1. The number of fused-ring (bicyclic) bond motifs is 1. The standard InChI is InChI=1S/C20H25N5O2/c26-19(16-5-4-7-21-13-16)22-12-15-6-10-25-18(11-15)17(14-23-25)20(27)24-8-2-1-3-9-24/h4-5,7,13-15H,1-3,6,8-12H2,(H,22,26)/t15-/m1/s1. The fraction of sp³-hybridized carbons (Fsp3) is 0.500. The molecule has 2 aliphatic rings. The second-order valence-electron chi connectivity index (χ2n) is 7.39. The molecule has 0 spiro atoms. The molecule has 7 nitrogen and oxygen atoms in total. The topological polar surface area (TPSA) is 80.1 Å². The van der Waals surface area contributed by atoms with E-state index in [4.69, 9.17) is 0 Å². The minimum Gasteiger partial charge on any atom is -0.352 e. The van der Waals surface area contributed by atoms with Crippen LogP contribution in [-0.2, 0) is 13.0 Å². The average Bonchev–Trinajstić information content (AvgIpc) is 3.16. The number of likely N-dealkylation sites (tertiary alicyclic amines) is 1. The maximum atomic E-state index is 12.9. The zero-order valence-corrected chi connectivity index (χ0v) is 15.4. The van der Waals surface area contributed by atoms with Crippen molar-refractivity contribution in [3.05, 3.63) is 47.5 Å². The summed E-state index contributed by atoms with van der Waals surface area (Å²) in [5, 5.41) is 7.42. The first-order valence-electron chi connectivity index (χ1n) is 9.74. The van der Waals surface area contributed by atoms with Crippen LogP contribution in [0.15, 0.2) is 30.7 Å². The average molecular weight is 367 g/mol. The highest BCUT2D eigenvalue weighted by Crippen LogP contribution is 2.24. The fourth-order valence-electron chi connectivity index (χ4n) is 3.96. The van der Waals surface area contributed by atoms with Crippen molar-refractivity contribution in [2.45, 2.75) is 38.6 Å². The SMILES string of the molecule is O=C(NC[C@@H]1CCn2ncc(C(=O)N3CCCCC3)c2C1)c1cccnc1. The molecule has 2 amide bonds. The lowest BCUT2D eigenvalue weighted by Crippen LogP contribution is -2.37. The third-order valence-corrected chi connectivity index (χ3v) is 5.53. The Morgan fingerprint density at radius 3 is 2.78 bits per heavy atom. The van der Waals surface area contributed by atoms with Crippen LogP contribution in [0.1, 0.15) is 52.1 Å². The number of hydrogen-bond donors (Lipinski definition) is 1. The number of carbonyl (C=O) groups is 2. The highest BCUT2D eigenvalue weighted by atomic mass is 16.2. The maximum Gasteiger partial charge on any atom is 0.257 e. The highest BCUT2D eigenvalue weighted by Gasteiger charge is 2.28. The number of rotatable bonds is 4. The number of aryl methyl sites for hydroxylation is 1. The first-order chi connectivity index (χ1) is 13.2. The minimum absolute atomic E-state index is 0.105. The van der Waals surface area contributed by atoms with Gasteiger partial charge in [0.05, 0.1) is 23.0 Å². The summed E-state index contributed by atoms with van der Waals surface area (Å²) in [6.07, 6.45) is 10.0. The molecular formula is C20H25N5O2. The van der Waals surface area contributed by atoms with Gasteiger partial charge < -0.3 is 10.2 Å². The van der Waals surface area contributed by atoms with Crippen molar-refractivity contribution >= 4 is 11.8 Å². The summed E-state index contributed by atoms with van der Waals surface area (Å²) in [7, 11) is 0. The number of carbonyl (C=O) groups excluding carboxylic acids is 2. The van der Waals surface area contributed by atoms with Crippen molar-refractivity contribution in [3.63, 3.8) is 0 Å². The molecule has 1 N–H and O–H groups in total. The Morgan fingerprint density at radius 2 is 2.00 bits per heavy atom. The number of hydrogen-bond acceptors (Lipinski definition) is 4. The van der Waals surface area contributed by atoms with Gasteiger partial charge in [-0.25, -0.2) is 0 Å². The second kappa shape index (κ2) is 7.90. The van der Waals surface area contributed by atoms with E-state index in [0.29, 0.717) is 18.0 Å². The molecule has 7 heteroatoms. The molecule has 2 aliphatic heterocycles. The number of piperidine rings is 1. The molecule has 27 heavy (non-hydrogen) atoms. The zero-order chi connectivity index (χ0) is 18.6. The van der Waals surface area contributed by atoms with Gasteiger partial charge in [-0.3, -0.25) is 19.3 Å². The van der Waals surface area contributed by atoms with Gasteiger partial charge in [0.25, 0.3) is 11.8 Å². The van der Waals surface area contributed by atoms with Crippen LogP contribution in [0.25, 0.3) is 0 Å². The predicted molar refractivity (Wildman–Crippen MR) is 100 cm³/mol. The lowest BCUT2D eigenvalue weighted by atomic mass is 9.93. The molecule has 2 aromatic heterocycles. The predicted octanol–water partition coefficient (Wildman–Crippen LogP) is 1.90. The molecule has 0 saturated carbocycles. The van der Waals surface area contributed by atoms with Crippen molar-refractivity contribution < 1.29 is 9.59 Å². The summed E-state index contributed by atoms with van der Waals surface area (Å²) < 4.78 is 1.95. The quantitative estimate of drug-likeness (QED) is 0.895. The summed E-state index contributed by atoms with van der Waals surface area (Å²) in [5.41, 5.74) is 2.32. The summed E-state index contributed by atoms with van der Waals surface area (Å²) >= 11 is 0. The summed E-state index contributed by atoms with van der Waals surface area (Å²) in [6, 6.07) is 3.51. The molecule has 0 bridgehead atoms. The van der Waals surface area contributed by atoms with E-state index >= 15 is 0 Å². The van der Waals surface area contributed by atoms with E-state index in [1.807, 2.05) is 9.58 Å². The van der Waals surface area contributed by atoms with Crippen LogP contribution < -0.4 is 5.32 Å². The van der Waals surface area contributed by atoms with Crippen LogP contribution in [0.2, 0.25) is 0 Å². The first kappa shape index (κ1) is 17.7. The van der Waals surface area contributed by atoms with Gasteiger partial charge in [0, 0.05) is 38.6 Å². The van der Waals surface area contributed by atoms with E-state index in [1.165, 1.54) is 6.42 Å². The monoisotopic (exact) mass is 367 g/mol. The van der Waals surface area contributed by atoms with Crippen LogP contribution in [0.3, 0.4) is 0 Å². The molecule has 0 unspecified atom stereocenters. The Labute approximate surface area is 158 Å². The van der Waals surface area contributed by atoms with Gasteiger partial charge >= 0.3 is 0 Å². The second-order valence-corrected chi connectivity index (χ2v) is 7.39. The Morgan fingerprint density at radius 1 is 1.15 bits per heavy atom. The lowest BCUT2D eigenvalue weighted by molar-refractivity contribution is 0.0721. The Kier molecular flexibility index (Phi) is 5.18. The smallest absolute Gasteiger partial charge is 0.257 e. The molecule has 0 aliphatic carbocycles. The minimum atomic E-state index is -0.105. The molecule has 0 aromatic carbocycles. The van der Waals surface area contributed by atoms with Gasteiger partial charge in [0.2, 0.25) is 0 Å². The zero-order valence-electron chi connectivity index (χ0n) is 15.4. The van der Waals surface area contributed by atoms with Crippen LogP contribution in [0, 0.1) is 5.92 Å². The van der Waals surface area contributed by atoms with Gasteiger partial charge in [-0.2, -0.15) is 5.10 Å². The van der Waals surface area contributed by atoms with Gasteiger partial charge in [-0.15, -0.1) is 0 Å². The molecule has 1 saturated heterocycles. The molecule has 4 heterocycles. The molecular weight excluding hydrogens is 342 g/mol. The normalized spacial score (nSPS) is 19.4. The number of aromatic nitrogens is 3. The van der Waals surface area contributed by atoms with Crippen LogP contribution in [0.5, 0.6) is 0 Å². The van der Waals surface area contributed by atoms with Gasteiger partial charge in [0.1, 0.15) is 0 Å². The molecule has 1 fully saturated rings. The first-order valence-corrected chi connectivity index (χ1v) is 9.74. The molecule has 2 aromatic rings. The third-order valence-electron chi connectivity index (χ3n) is 5.53. The van der Waals surface area contributed by atoms with Crippen molar-refractivity contribution in [3.8, 4) is 0 Å². The number of nitrogens with one attached hydrogen (secondary N) is 1. The molecule has 0 radical (unpaired) electrons. The van der Waals surface area contributed by atoms with Crippen LogP contribution in [0.4, 0.5) is 0 Å². The summed E-state index contributed by atoms with van der Waals surface area (Å²) in [5.74, 6) is 0.311. The largest absolute Gasteiger partial charge is 0.352 e. The van der Waals surface area contributed by atoms with Crippen molar-refractivity contribution in [1.29, 1.82) is 0 Å². The van der Waals surface area contributed by atoms with Crippen LogP contribution in [-0.4, -0.2) is 51.1 Å².